The van der Waals surface area contributed by atoms with Crippen LogP contribution < -0.4 is 10.1 Å². The molecule has 0 saturated heterocycles. The molecule has 0 saturated carbocycles. The Kier molecular flexibility index (Phi) is 7.87. The summed E-state index contributed by atoms with van der Waals surface area (Å²) in [5, 5.41) is 4.12. The summed E-state index contributed by atoms with van der Waals surface area (Å²) >= 11 is 6.10. The molecule has 0 atom stereocenters. The third kappa shape index (κ3) is 5.81. The number of hydrogen-bond acceptors (Lipinski definition) is 3. The van der Waals surface area contributed by atoms with Crippen LogP contribution in [0.3, 0.4) is 0 Å². The average molecular weight is 285 g/mol. The van der Waals surface area contributed by atoms with Gasteiger partial charge in [0.15, 0.2) is 0 Å². The van der Waals surface area contributed by atoms with E-state index in [4.69, 9.17) is 16.3 Å². The first kappa shape index (κ1) is 16.3. The number of likely N-dealkylation sites (N-methyl/N-ethyl adjacent to an activating group) is 1. The molecule has 3 nitrogen and oxygen atoms in total. The van der Waals surface area contributed by atoms with E-state index in [-0.39, 0.29) is 0 Å². The van der Waals surface area contributed by atoms with Gasteiger partial charge < -0.3 is 15.0 Å². The molecule has 0 aromatic heterocycles. The lowest BCUT2D eigenvalue weighted by atomic mass is 10.2. The monoisotopic (exact) mass is 284 g/mol. The Morgan fingerprint density at radius 3 is 2.63 bits per heavy atom. The van der Waals surface area contributed by atoms with E-state index in [1.807, 2.05) is 18.2 Å². The number of rotatable bonds is 9. The average Bonchev–Trinajstić information content (AvgIpc) is 2.42. The van der Waals surface area contributed by atoms with Crippen molar-refractivity contribution >= 4 is 11.6 Å². The summed E-state index contributed by atoms with van der Waals surface area (Å²) in [5.74, 6) is 0.727. The first-order valence-corrected chi connectivity index (χ1v) is 7.34. The number of benzene rings is 1. The van der Waals surface area contributed by atoms with Crippen LogP contribution in [0.4, 0.5) is 0 Å². The molecule has 1 aromatic carbocycles. The maximum Gasteiger partial charge on any atom is 0.137 e. The highest BCUT2D eigenvalue weighted by Gasteiger charge is 2.02. The lowest BCUT2D eigenvalue weighted by Gasteiger charge is -2.19. The highest BCUT2D eigenvalue weighted by atomic mass is 35.5. The second-order valence-electron chi connectivity index (χ2n) is 4.58. The molecular formula is C15H25ClN2O. The predicted octanol–water partition coefficient (Wildman–Crippen LogP) is 3.17. The molecule has 1 N–H and O–H groups in total. The van der Waals surface area contributed by atoms with Crippen molar-refractivity contribution in [3.05, 3.63) is 28.8 Å². The molecule has 0 spiro atoms. The summed E-state index contributed by atoms with van der Waals surface area (Å²) < 4.78 is 5.14. The van der Waals surface area contributed by atoms with Gasteiger partial charge in [-0.2, -0.15) is 0 Å². The topological polar surface area (TPSA) is 24.5 Å². The van der Waals surface area contributed by atoms with Crippen LogP contribution in [0, 0.1) is 0 Å². The quantitative estimate of drug-likeness (QED) is 0.705. The summed E-state index contributed by atoms with van der Waals surface area (Å²) in [6.07, 6.45) is 1.21. The summed E-state index contributed by atoms with van der Waals surface area (Å²) in [4.78, 5) is 2.45. The SMILES string of the molecule is CCCN(CC)CCNCc1ccc(OC)c(Cl)c1. The van der Waals surface area contributed by atoms with Gasteiger partial charge in [0, 0.05) is 19.6 Å². The Hall–Kier alpha value is -0.770. The van der Waals surface area contributed by atoms with Crippen LogP contribution in [0.25, 0.3) is 0 Å². The van der Waals surface area contributed by atoms with E-state index < -0.39 is 0 Å². The zero-order chi connectivity index (χ0) is 14.1. The van der Waals surface area contributed by atoms with E-state index in [1.54, 1.807) is 7.11 Å². The molecule has 0 aliphatic rings. The first-order valence-electron chi connectivity index (χ1n) is 6.96. The van der Waals surface area contributed by atoms with Crippen LogP contribution in [0.2, 0.25) is 5.02 Å². The molecule has 0 amide bonds. The van der Waals surface area contributed by atoms with Crippen LogP contribution in [0.1, 0.15) is 25.8 Å². The molecule has 0 bridgehead atoms. The fraction of sp³-hybridized carbons (Fsp3) is 0.600. The Morgan fingerprint density at radius 2 is 2.05 bits per heavy atom. The molecule has 0 aliphatic heterocycles. The summed E-state index contributed by atoms with van der Waals surface area (Å²) in [6.45, 7) is 9.64. The van der Waals surface area contributed by atoms with Gasteiger partial charge >= 0.3 is 0 Å². The minimum Gasteiger partial charge on any atom is -0.495 e. The standard InChI is InChI=1S/C15H25ClN2O/c1-4-9-18(5-2)10-8-17-12-13-6-7-15(19-3)14(16)11-13/h6-7,11,17H,4-5,8-10,12H2,1-3H3. The van der Waals surface area contributed by atoms with E-state index in [2.05, 4.69) is 24.1 Å². The number of nitrogens with one attached hydrogen (secondary N) is 1. The van der Waals surface area contributed by atoms with Crippen molar-refractivity contribution in [2.45, 2.75) is 26.8 Å². The molecule has 4 heteroatoms. The molecule has 1 aromatic rings. The first-order chi connectivity index (χ1) is 9.21. The van der Waals surface area contributed by atoms with Crippen LogP contribution >= 0.6 is 11.6 Å². The molecule has 0 aliphatic carbocycles. The van der Waals surface area contributed by atoms with Gasteiger partial charge in [0.1, 0.15) is 5.75 Å². The Morgan fingerprint density at radius 1 is 1.26 bits per heavy atom. The normalized spacial score (nSPS) is 11.0. The van der Waals surface area contributed by atoms with E-state index in [1.165, 1.54) is 18.5 Å². The Bertz CT molecular complexity index is 371. The summed E-state index contributed by atoms with van der Waals surface area (Å²) in [6, 6.07) is 5.91. The molecule has 108 valence electrons. The van der Waals surface area contributed by atoms with Crippen molar-refractivity contribution in [2.24, 2.45) is 0 Å². The smallest absolute Gasteiger partial charge is 0.137 e. The van der Waals surface area contributed by atoms with Crippen molar-refractivity contribution in [1.82, 2.24) is 10.2 Å². The van der Waals surface area contributed by atoms with Gasteiger partial charge in [0.05, 0.1) is 12.1 Å². The van der Waals surface area contributed by atoms with Gasteiger partial charge in [-0.25, -0.2) is 0 Å². The lowest BCUT2D eigenvalue weighted by molar-refractivity contribution is 0.287. The van der Waals surface area contributed by atoms with Gasteiger partial charge in [-0.15, -0.1) is 0 Å². The van der Waals surface area contributed by atoms with E-state index >= 15 is 0 Å². The number of ether oxygens (including phenoxy) is 1. The fourth-order valence-electron chi connectivity index (χ4n) is 2.03. The molecule has 0 fully saturated rings. The van der Waals surface area contributed by atoms with Crippen molar-refractivity contribution in [3.8, 4) is 5.75 Å². The van der Waals surface area contributed by atoms with Gasteiger partial charge in [-0.1, -0.05) is 31.5 Å². The third-order valence-corrected chi connectivity index (χ3v) is 3.43. The number of nitrogens with zero attached hydrogens (tertiary/aromatic N) is 1. The summed E-state index contributed by atoms with van der Waals surface area (Å²) in [5.41, 5.74) is 1.18. The number of hydrogen-bond donors (Lipinski definition) is 1. The molecule has 1 rings (SSSR count). The minimum absolute atomic E-state index is 0.669. The van der Waals surface area contributed by atoms with Crippen molar-refractivity contribution in [3.63, 3.8) is 0 Å². The number of halogens is 1. The van der Waals surface area contributed by atoms with E-state index in [0.717, 1.165) is 31.9 Å². The van der Waals surface area contributed by atoms with Crippen molar-refractivity contribution < 1.29 is 4.74 Å². The maximum absolute atomic E-state index is 6.10. The largest absolute Gasteiger partial charge is 0.495 e. The lowest BCUT2D eigenvalue weighted by Crippen LogP contribution is -2.32. The minimum atomic E-state index is 0.669. The zero-order valence-corrected chi connectivity index (χ0v) is 13.0. The van der Waals surface area contributed by atoms with Gasteiger partial charge in [0.25, 0.3) is 0 Å². The van der Waals surface area contributed by atoms with Crippen LogP contribution in [-0.4, -0.2) is 38.2 Å². The van der Waals surface area contributed by atoms with Gasteiger partial charge in [0.2, 0.25) is 0 Å². The van der Waals surface area contributed by atoms with E-state index in [9.17, 15) is 0 Å². The molecule has 19 heavy (non-hydrogen) atoms. The number of methoxy groups -OCH3 is 1. The van der Waals surface area contributed by atoms with Crippen LogP contribution in [0.5, 0.6) is 5.75 Å². The van der Waals surface area contributed by atoms with Crippen LogP contribution in [0.15, 0.2) is 18.2 Å². The highest BCUT2D eigenvalue weighted by molar-refractivity contribution is 6.32. The summed E-state index contributed by atoms with van der Waals surface area (Å²) in [7, 11) is 1.63. The maximum atomic E-state index is 6.10. The third-order valence-electron chi connectivity index (χ3n) is 3.14. The van der Waals surface area contributed by atoms with E-state index in [0.29, 0.717) is 5.02 Å². The van der Waals surface area contributed by atoms with Crippen molar-refractivity contribution in [2.75, 3.05) is 33.3 Å². The second-order valence-corrected chi connectivity index (χ2v) is 4.99. The Labute approximate surface area is 121 Å². The second kappa shape index (κ2) is 9.18. The Balaban J connectivity index is 2.31. The van der Waals surface area contributed by atoms with Crippen molar-refractivity contribution in [1.29, 1.82) is 0 Å². The highest BCUT2D eigenvalue weighted by Crippen LogP contribution is 2.24. The molecule has 0 unspecified atom stereocenters. The van der Waals surface area contributed by atoms with Gasteiger partial charge in [-0.05, 0) is 37.2 Å². The predicted molar refractivity (Wildman–Crippen MR) is 82.1 cm³/mol. The fourth-order valence-corrected chi connectivity index (χ4v) is 2.31. The molecule has 0 heterocycles. The zero-order valence-electron chi connectivity index (χ0n) is 12.2. The molecule has 0 radical (unpaired) electrons. The van der Waals surface area contributed by atoms with Gasteiger partial charge in [-0.3, -0.25) is 0 Å². The van der Waals surface area contributed by atoms with Crippen LogP contribution in [-0.2, 0) is 6.54 Å². The molecular weight excluding hydrogens is 260 g/mol.